The second-order valence-corrected chi connectivity index (χ2v) is 8.86. The number of benzene rings is 3. The van der Waals surface area contributed by atoms with Crippen LogP contribution in [0.4, 0.5) is 0 Å². The molecule has 0 saturated heterocycles. The van der Waals surface area contributed by atoms with Gasteiger partial charge in [0.15, 0.2) is 17.5 Å². The smallest absolute Gasteiger partial charge is 0.164 e. The van der Waals surface area contributed by atoms with Crippen molar-refractivity contribution < 1.29 is 0 Å². The van der Waals surface area contributed by atoms with Crippen molar-refractivity contribution in [1.29, 1.82) is 10.8 Å². The van der Waals surface area contributed by atoms with Crippen molar-refractivity contribution in [2.75, 3.05) is 0 Å². The van der Waals surface area contributed by atoms with E-state index in [9.17, 15) is 0 Å². The van der Waals surface area contributed by atoms with E-state index in [1.807, 2.05) is 78.9 Å². The first-order valence-electron chi connectivity index (χ1n) is 10.2. The van der Waals surface area contributed by atoms with Gasteiger partial charge in [-0.15, -0.1) is 10.2 Å². The van der Waals surface area contributed by atoms with Crippen molar-refractivity contribution in [3.05, 3.63) is 89.9 Å². The molecular weight excluding hydrogens is 462 g/mol. The van der Waals surface area contributed by atoms with Gasteiger partial charge in [0.05, 0.1) is 10.6 Å². The van der Waals surface area contributed by atoms with Crippen molar-refractivity contribution in [3.8, 4) is 44.7 Å². The number of thioether (sulfide) groups is 1. The van der Waals surface area contributed by atoms with Crippen LogP contribution in [0, 0.1) is 10.8 Å². The summed E-state index contributed by atoms with van der Waals surface area (Å²) < 4.78 is 0. The molecular formula is C25H17N7S2. The molecule has 2 heterocycles. The van der Waals surface area contributed by atoms with E-state index in [-0.39, 0.29) is 0 Å². The van der Waals surface area contributed by atoms with Crippen LogP contribution in [0.2, 0.25) is 0 Å². The molecule has 164 valence electrons. The Bertz CT molecular complexity index is 1470. The lowest BCUT2D eigenvalue weighted by molar-refractivity contribution is 1.07. The average Bonchev–Trinajstić information content (AvgIpc) is 3.45. The fraction of sp³-hybridized carbons (Fsp3) is 0. The molecule has 2 aromatic heterocycles. The number of hydrogen-bond acceptors (Lipinski definition) is 9. The highest BCUT2D eigenvalue weighted by Crippen LogP contribution is 2.29. The van der Waals surface area contributed by atoms with Crippen molar-refractivity contribution in [3.63, 3.8) is 0 Å². The minimum atomic E-state index is 0.291. The van der Waals surface area contributed by atoms with Gasteiger partial charge < -0.3 is 5.41 Å². The topological polar surface area (TPSA) is 112 Å². The van der Waals surface area contributed by atoms with Crippen molar-refractivity contribution in [1.82, 2.24) is 25.1 Å². The van der Waals surface area contributed by atoms with E-state index in [4.69, 9.17) is 25.8 Å². The molecule has 2 N–H and O–H groups in total. The number of rotatable bonds is 6. The van der Waals surface area contributed by atoms with Crippen molar-refractivity contribution >= 4 is 33.7 Å². The number of nitrogens with zero attached hydrogens (tertiary/aromatic N) is 5. The highest BCUT2D eigenvalue weighted by molar-refractivity contribution is 8.25. The van der Waals surface area contributed by atoms with Crippen LogP contribution in [0.15, 0.2) is 84.4 Å². The van der Waals surface area contributed by atoms with E-state index < -0.39 is 0 Å². The number of hydrogen-bond donors (Lipinski definition) is 2. The van der Waals surface area contributed by atoms with Gasteiger partial charge >= 0.3 is 0 Å². The van der Waals surface area contributed by atoms with Gasteiger partial charge in [-0.2, -0.15) is 0 Å². The summed E-state index contributed by atoms with van der Waals surface area (Å²) in [7, 11) is 0. The second-order valence-electron chi connectivity index (χ2n) is 7.14. The first-order chi connectivity index (χ1) is 16.7. The van der Waals surface area contributed by atoms with Crippen LogP contribution in [0.1, 0.15) is 5.56 Å². The van der Waals surface area contributed by atoms with Gasteiger partial charge in [0.1, 0.15) is 10.5 Å². The molecule has 0 amide bonds. The Morgan fingerprint density at radius 2 is 1.35 bits per heavy atom. The molecule has 0 saturated carbocycles. The maximum atomic E-state index is 8.18. The Balaban J connectivity index is 1.65. The molecule has 0 unspecified atom stereocenters. The monoisotopic (exact) mass is 479 g/mol. The summed E-state index contributed by atoms with van der Waals surface area (Å²) in [5.74, 6) is 1.63. The Morgan fingerprint density at radius 3 is 2.03 bits per heavy atom. The Labute approximate surface area is 204 Å². The minimum absolute atomic E-state index is 0.291. The Hall–Kier alpha value is -4.08. The molecule has 0 atom stereocenters. The van der Waals surface area contributed by atoms with Crippen LogP contribution in [0.25, 0.3) is 44.7 Å². The summed E-state index contributed by atoms with van der Waals surface area (Å²) in [6.07, 6.45) is 0. The van der Waals surface area contributed by atoms with Crippen LogP contribution in [0.3, 0.4) is 0 Å². The summed E-state index contributed by atoms with van der Waals surface area (Å²) in [6.45, 7) is 0. The molecule has 0 bridgehead atoms. The molecule has 0 aliphatic heterocycles. The third kappa shape index (κ3) is 4.66. The first kappa shape index (κ1) is 21.7. The SMILES string of the molecule is N=CSC(=N)c1cccc(-c2nc(-c3ccccc3)nc(-c3cccc(-c4nncs4)c3)n2)c1. The van der Waals surface area contributed by atoms with E-state index in [0.29, 0.717) is 28.1 Å². The van der Waals surface area contributed by atoms with Gasteiger partial charge in [-0.3, -0.25) is 5.41 Å². The highest BCUT2D eigenvalue weighted by atomic mass is 32.2. The molecule has 7 nitrogen and oxygen atoms in total. The number of nitrogens with one attached hydrogen (secondary N) is 2. The maximum absolute atomic E-state index is 8.18. The van der Waals surface area contributed by atoms with Crippen LogP contribution in [-0.2, 0) is 0 Å². The predicted octanol–water partition coefficient (Wildman–Crippen LogP) is 6.06. The summed E-state index contributed by atoms with van der Waals surface area (Å²) >= 11 is 2.53. The zero-order chi connectivity index (χ0) is 23.3. The van der Waals surface area contributed by atoms with Crippen molar-refractivity contribution in [2.45, 2.75) is 0 Å². The van der Waals surface area contributed by atoms with E-state index in [0.717, 1.165) is 44.6 Å². The van der Waals surface area contributed by atoms with Gasteiger partial charge in [0, 0.05) is 27.8 Å². The van der Waals surface area contributed by atoms with E-state index >= 15 is 0 Å². The summed E-state index contributed by atoms with van der Waals surface area (Å²) in [4.78, 5) is 14.3. The molecule has 5 aromatic rings. The quantitative estimate of drug-likeness (QED) is 0.226. The molecule has 3 aromatic carbocycles. The molecule has 34 heavy (non-hydrogen) atoms. The predicted molar refractivity (Wildman–Crippen MR) is 138 cm³/mol. The van der Waals surface area contributed by atoms with Gasteiger partial charge in [0.2, 0.25) is 0 Å². The summed E-state index contributed by atoms with van der Waals surface area (Å²) in [5.41, 5.74) is 7.00. The first-order valence-corrected chi connectivity index (χ1v) is 12.0. The Morgan fingerprint density at radius 1 is 0.735 bits per heavy atom. The molecule has 5 rings (SSSR count). The molecule has 0 aliphatic carbocycles. The maximum Gasteiger partial charge on any atom is 0.164 e. The van der Waals surface area contributed by atoms with Gasteiger partial charge in [0.25, 0.3) is 0 Å². The van der Waals surface area contributed by atoms with Gasteiger partial charge in [-0.05, 0) is 12.1 Å². The average molecular weight is 480 g/mol. The lowest BCUT2D eigenvalue weighted by Crippen LogP contribution is -2.01. The highest BCUT2D eigenvalue weighted by Gasteiger charge is 2.14. The van der Waals surface area contributed by atoms with E-state index in [1.54, 1.807) is 5.51 Å². The van der Waals surface area contributed by atoms with Crippen LogP contribution in [-0.4, -0.2) is 35.7 Å². The summed E-state index contributed by atoms with van der Waals surface area (Å²) in [5, 5.41) is 24.7. The van der Waals surface area contributed by atoms with Gasteiger partial charge in [-0.1, -0.05) is 89.8 Å². The van der Waals surface area contributed by atoms with Crippen LogP contribution < -0.4 is 0 Å². The third-order valence-electron chi connectivity index (χ3n) is 4.95. The zero-order valence-electron chi connectivity index (χ0n) is 17.7. The third-order valence-corrected chi connectivity index (χ3v) is 6.28. The largest absolute Gasteiger partial charge is 0.301 e. The molecule has 0 aliphatic rings. The van der Waals surface area contributed by atoms with Gasteiger partial charge in [-0.25, -0.2) is 15.0 Å². The molecule has 0 fully saturated rings. The standard InChI is InChI=1S/C25H17N7S2/c26-14-33-21(27)17-8-4-9-18(12-17)23-29-22(16-6-2-1-3-7-16)30-24(31-23)19-10-5-11-20(13-19)25-32-28-15-34-25/h1-15,26-27H. The lowest BCUT2D eigenvalue weighted by atomic mass is 10.1. The fourth-order valence-electron chi connectivity index (χ4n) is 3.37. The van der Waals surface area contributed by atoms with E-state index in [1.165, 1.54) is 11.3 Å². The van der Waals surface area contributed by atoms with E-state index in [2.05, 4.69) is 10.2 Å². The Kier molecular flexibility index (Phi) is 6.28. The zero-order valence-corrected chi connectivity index (χ0v) is 19.3. The van der Waals surface area contributed by atoms with Crippen molar-refractivity contribution in [2.24, 2.45) is 0 Å². The number of aromatic nitrogens is 5. The second kappa shape index (κ2) is 9.82. The van der Waals surface area contributed by atoms with Crippen LogP contribution in [0.5, 0.6) is 0 Å². The lowest BCUT2D eigenvalue weighted by Gasteiger charge is -2.10. The summed E-state index contributed by atoms with van der Waals surface area (Å²) in [6, 6.07) is 25.2. The van der Waals surface area contributed by atoms with Crippen LogP contribution >= 0.6 is 23.1 Å². The minimum Gasteiger partial charge on any atom is -0.301 e. The molecule has 0 spiro atoms. The molecule has 9 heteroatoms. The normalized spacial score (nSPS) is 10.7. The molecule has 0 radical (unpaired) electrons. The fourth-order valence-corrected chi connectivity index (χ4v) is 4.30.